The van der Waals surface area contributed by atoms with Crippen molar-refractivity contribution in [2.45, 2.75) is 51.5 Å². The van der Waals surface area contributed by atoms with E-state index in [2.05, 4.69) is 24.1 Å². The average molecular weight is 234 g/mol. The molecule has 3 nitrogen and oxygen atoms in total. The van der Waals surface area contributed by atoms with Gasteiger partial charge < -0.3 is 10.1 Å². The quantitative estimate of drug-likeness (QED) is 0.845. The first-order valence-electron chi connectivity index (χ1n) is 6.59. The van der Waals surface area contributed by atoms with Crippen LogP contribution in [-0.4, -0.2) is 17.1 Å². The zero-order valence-electron chi connectivity index (χ0n) is 10.8. The average Bonchev–Trinajstić information content (AvgIpc) is 2.75. The Labute approximate surface area is 104 Å². The molecule has 1 aromatic heterocycles. The van der Waals surface area contributed by atoms with Crippen molar-refractivity contribution in [2.75, 3.05) is 11.9 Å². The standard InChI is InChI=1S/C14H22N2O/c1-3-11-17-12-7-6-10-15-13(12)16-14(2)8-4-5-9-14/h6-7,10H,3-5,8-9,11H2,1-2H3,(H,15,16). The van der Waals surface area contributed by atoms with E-state index in [4.69, 9.17) is 4.74 Å². The molecule has 1 aliphatic rings. The van der Waals surface area contributed by atoms with E-state index >= 15 is 0 Å². The van der Waals surface area contributed by atoms with Gasteiger partial charge in [-0.1, -0.05) is 19.8 Å². The normalized spacial score (nSPS) is 18.0. The van der Waals surface area contributed by atoms with Crippen molar-refractivity contribution in [3.63, 3.8) is 0 Å². The zero-order chi connectivity index (χ0) is 12.1. The van der Waals surface area contributed by atoms with Crippen LogP contribution in [0.2, 0.25) is 0 Å². The fourth-order valence-electron chi connectivity index (χ4n) is 2.38. The lowest BCUT2D eigenvalue weighted by Gasteiger charge is -2.27. The first kappa shape index (κ1) is 12.2. The summed E-state index contributed by atoms with van der Waals surface area (Å²) < 4.78 is 5.72. The van der Waals surface area contributed by atoms with Gasteiger partial charge in [-0.2, -0.15) is 0 Å². The molecule has 0 saturated heterocycles. The maximum Gasteiger partial charge on any atom is 0.169 e. The highest BCUT2D eigenvalue weighted by atomic mass is 16.5. The van der Waals surface area contributed by atoms with Crippen LogP contribution in [0.4, 0.5) is 5.82 Å². The highest BCUT2D eigenvalue weighted by molar-refractivity contribution is 5.51. The third-order valence-corrected chi connectivity index (χ3v) is 3.36. The van der Waals surface area contributed by atoms with E-state index in [0.717, 1.165) is 24.6 Å². The van der Waals surface area contributed by atoms with Gasteiger partial charge in [-0.3, -0.25) is 0 Å². The molecule has 1 aromatic rings. The molecule has 1 aliphatic carbocycles. The Balaban J connectivity index is 2.08. The Hall–Kier alpha value is -1.25. The highest BCUT2D eigenvalue weighted by Gasteiger charge is 2.29. The van der Waals surface area contributed by atoms with E-state index in [1.165, 1.54) is 25.7 Å². The number of pyridine rings is 1. The molecule has 0 spiro atoms. The van der Waals surface area contributed by atoms with Gasteiger partial charge in [-0.05, 0) is 38.3 Å². The summed E-state index contributed by atoms with van der Waals surface area (Å²) in [7, 11) is 0. The summed E-state index contributed by atoms with van der Waals surface area (Å²) in [6.45, 7) is 5.14. The second kappa shape index (κ2) is 5.39. The first-order chi connectivity index (χ1) is 8.23. The van der Waals surface area contributed by atoms with Gasteiger partial charge in [-0.25, -0.2) is 4.98 Å². The highest BCUT2D eigenvalue weighted by Crippen LogP contribution is 2.34. The minimum atomic E-state index is 0.193. The van der Waals surface area contributed by atoms with Crippen LogP contribution in [0.1, 0.15) is 46.0 Å². The van der Waals surface area contributed by atoms with Gasteiger partial charge in [0.2, 0.25) is 0 Å². The Bertz CT molecular complexity index is 359. The summed E-state index contributed by atoms with van der Waals surface area (Å²) in [5.74, 6) is 1.77. The number of anilines is 1. The monoisotopic (exact) mass is 234 g/mol. The van der Waals surface area contributed by atoms with Gasteiger partial charge in [0.1, 0.15) is 0 Å². The van der Waals surface area contributed by atoms with E-state index < -0.39 is 0 Å². The minimum Gasteiger partial charge on any atom is -0.490 e. The summed E-state index contributed by atoms with van der Waals surface area (Å²) in [5, 5.41) is 3.56. The molecule has 0 atom stereocenters. The van der Waals surface area contributed by atoms with Crippen molar-refractivity contribution in [3.8, 4) is 5.75 Å². The minimum absolute atomic E-state index is 0.193. The molecule has 3 heteroatoms. The fourth-order valence-corrected chi connectivity index (χ4v) is 2.38. The van der Waals surface area contributed by atoms with Crippen LogP contribution in [0, 0.1) is 0 Å². The molecule has 94 valence electrons. The Morgan fingerprint density at radius 3 is 2.88 bits per heavy atom. The lowest BCUT2D eigenvalue weighted by atomic mass is 10.0. The van der Waals surface area contributed by atoms with Crippen molar-refractivity contribution in [1.29, 1.82) is 0 Å². The van der Waals surface area contributed by atoms with Crippen molar-refractivity contribution in [3.05, 3.63) is 18.3 Å². The van der Waals surface area contributed by atoms with Crippen molar-refractivity contribution >= 4 is 5.82 Å². The zero-order valence-corrected chi connectivity index (χ0v) is 10.8. The number of nitrogens with zero attached hydrogens (tertiary/aromatic N) is 1. The number of nitrogens with one attached hydrogen (secondary N) is 1. The molecule has 17 heavy (non-hydrogen) atoms. The maximum atomic E-state index is 5.72. The van der Waals surface area contributed by atoms with Gasteiger partial charge in [0.05, 0.1) is 6.61 Å². The van der Waals surface area contributed by atoms with E-state index in [9.17, 15) is 0 Å². The summed E-state index contributed by atoms with van der Waals surface area (Å²) in [4.78, 5) is 4.40. The molecule has 2 rings (SSSR count). The van der Waals surface area contributed by atoms with Gasteiger partial charge >= 0.3 is 0 Å². The van der Waals surface area contributed by atoms with Crippen LogP contribution in [0.3, 0.4) is 0 Å². The fraction of sp³-hybridized carbons (Fsp3) is 0.643. The predicted octanol–water partition coefficient (Wildman–Crippen LogP) is 3.62. The Kier molecular flexibility index (Phi) is 3.87. The number of rotatable bonds is 5. The molecule has 1 heterocycles. The summed E-state index contributed by atoms with van der Waals surface area (Å²) >= 11 is 0. The molecule has 0 radical (unpaired) electrons. The first-order valence-corrected chi connectivity index (χ1v) is 6.59. The van der Waals surface area contributed by atoms with Gasteiger partial charge in [0.25, 0.3) is 0 Å². The molecule has 0 bridgehead atoms. The van der Waals surface area contributed by atoms with Crippen LogP contribution >= 0.6 is 0 Å². The van der Waals surface area contributed by atoms with Crippen molar-refractivity contribution in [1.82, 2.24) is 4.98 Å². The Morgan fingerprint density at radius 1 is 1.41 bits per heavy atom. The second-order valence-corrected chi connectivity index (χ2v) is 5.09. The van der Waals surface area contributed by atoms with Gasteiger partial charge in [0, 0.05) is 11.7 Å². The lowest BCUT2D eigenvalue weighted by Crippen LogP contribution is -2.31. The van der Waals surface area contributed by atoms with E-state index in [1.54, 1.807) is 0 Å². The van der Waals surface area contributed by atoms with Crippen molar-refractivity contribution < 1.29 is 4.74 Å². The molecular formula is C14H22N2O. The largest absolute Gasteiger partial charge is 0.490 e. The molecule has 0 aromatic carbocycles. The molecule has 0 amide bonds. The van der Waals surface area contributed by atoms with Crippen molar-refractivity contribution in [2.24, 2.45) is 0 Å². The maximum absolute atomic E-state index is 5.72. The lowest BCUT2D eigenvalue weighted by molar-refractivity contribution is 0.316. The molecule has 1 saturated carbocycles. The van der Waals surface area contributed by atoms with Gasteiger partial charge in [0.15, 0.2) is 11.6 Å². The van der Waals surface area contributed by atoms with Crippen LogP contribution in [0.15, 0.2) is 18.3 Å². The third kappa shape index (κ3) is 3.11. The van der Waals surface area contributed by atoms with E-state index in [1.807, 2.05) is 18.3 Å². The Morgan fingerprint density at radius 2 is 2.18 bits per heavy atom. The summed E-state index contributed by atoms with van der Waals surface area (Å²) in [6, 6.07) is 3.91. The van der Waals surface area contributed by atoms with Crippen LogP contribution in [-0.2, 0) is 0 Å². The molecule has 1 fully saturated rings. The van der Waals surface area contributed by atoms with Gasteiger partial charge in [-0.15, -0.1) is 0 Å². The summed E-state index contributed by atoms with van der Waals surface area (Å²) in [5.41, 5.74) is 0.193. The SMILES string of the molecule is CCCOc1cccnc1NC1(C)CCCC1. The molecular weight excluding hydrogens is 212 g/mol. The van der Waals surface area contributed by atoms with E-state index in [0.29, 0.717) is 0 Å². The predicted molar refractivity (Wildman–Crippen MR) is 70.5 cm³/mol. The van der Waals surface area contributed by atoms with Crippen LogP contribution in [0.5, 0.6) is 5.75 Å². The number of hydrogen-bond acceptors (Lipinski definition) is 3. The number of hydrogen-bond donors (Lipinski definition) is 1. The second-order valence-electron chi connectivity index (χ2n) is 5.09. The smallest absolute Gasteiger partial charge is 0.169 e. The molecule has 0 aliphatic heterocycles. The molecule has 1 N–H and O–H groups in total. The third-order valence-electron chi connectivity index (χ3n) is 3.36. The van der Waals surface area contributed by atoms with Crippen LogP contribution in [0.25, 0.3) is 0 Å². The number of ether oxygens (including phenoxy) is 1. The molecule has 0 unspecified atom stereocenters. The number of aromatic nitrogens is 1. The van der Waals surface area contributed by atoms with Crippen LogP contribution < -0.4 is 10.1 Å². The van der Waals surface area contributed by atoms with E-state index in [-0.39, 0.29) is 5.54 Å². The summed E-state index contributed by atoms with van der Waals surface area (Å²) in [6.07, 6.45) is 7.89. The topological polar surface area (TPSA) is 34.1 Å².